The lowest BCUT2D eigenvalue weighted by Gasteiger charge is -2.34. The van der Waals surface area contributed by atoms with Crippen molar-refractivity contribution in [1.82, 2.24) is 5.32 Å². The fourth-order valence-corrected chi connectivity index (χ4v) is 3.46. The summed E-state index contributed by atoms with van der Waals surface area (Å²) >= 11 is 0. The van der Waals surface area contributed by atoms with E-state index in [1.54, 1.807) is 6.26 Å². The predicted octanol–water partition coefficient (Wildman–Crippen LogP) is 3.84. The van der Waals surface area contributed by atoms with Gasteiger partial charge in [-0.3, -0.25) is 0 Å². The van der Waals surface area contributed by atoms with E-state index in [-0.39, 0.29) is 0 Å². The second kappa shape index (κ2) is 5.84. The zero-order chi connectivity index (χ0) is 13.9. The van der Waals surface area contributed by atoms with Gasteiger partial charge < -0.3 is 9.73 Å². The SMILES string of the molecule is CCNC1CCc2cc(C)ccc2C1Cc1ccoc1. The summed E-state index contributed by atoms with van der Waals surface area (Å²) < 4.78 is 5.24. The van der Waals surface area contributed by atoms with E-state index in [1.807, 2.05) is 6.26 Å². The maximum Gasteiger partial charge on any atom is 0.0934 e. The van der Waals surface area contributed by atoms with Crippen molar-refractivity contribution >= 4 is 0 Å². The molecule has 1 N–H and O–H groups in total. The van der Waals surface area contributed by atoms with Gasteiger partial charge in [-0.15, -0.1) is 0 Å². The van der Waals surface area contributed by atoms with E-state index >= 15 is 0 Å². The number of aryl methyl sites for hydroxylation is 2. The summed E-state index contributed by atoms with van der Waals surface area (Å²) in [7, 11) is 0. The van der Waals surface area contributed by atoms with E-state index in [9.17, 15) is 0 Å². The molecular weight excluding hydrogens is 246 g/mol. The smallest absolute Gasteiger partial charge is 0.0934 e. The van der Waals surface area contributed by atoms with Gasteiger partial charge >= 0.3 is 0 Å². The lowest BCUT2D eigenvalue weighted by atomic mass is 9.76. The molecule has 1 aliphatic carbocycles. The van der Waals surface area contributed by atoms with Gasteiger partial charge in [0.25, 0.3) is 0 Å². The Morgan fingerprint density at radius 1 is 1.30 bits per heavy atom. The fourth-order valence-electron chi connectivity index (χ4n) is 3.46. The van der Waals surface area contributed by atoms with Gasteiger partial charge in [0.05, 0.1) is 12.5 Å². The Hall–Kier alpha value is -1.54. The van der Waals surface area contributed by atoms with Crippen LogP contribution in [-0.4, -0.2) is 12.6 Å². The molecule has 2 heteroatoms. The van der Waals surface area contributed by atoms with Gasteiger partial charge in [-0.1, -0.05) is 30.7 Å². The van der Waals surface area contributed by atoms with Crippen LogP contribution in [0.15, 0.2) is 41.2 Å². The number of rotatable bonds is 4. The summed E-state index contributed by atoms with van der Waals surface area (Å²) in [4.78, 5) is 0. The van der Waals surface area contributed by atoms with Crippen LogP contribution in [0.4, 0.5) is 0 Å². The second-order valence-electron chi connectivity index (χ2n) is 5.85. The minimum absolute atomic E-state index is 0.553. The van der Waals surface area contributed by atoms with Crippen LogP contribution < -0.4 is 5.32 Å². The highest BCUT2D eigenvalue weighted by molar-refractivity contribution is 5.38. The van der Waals surface area contributed by atoms with Crippen LogP contribution in [0.2, 0.25) is 0 Å². The molecule has 0 aliphatic heterocycles. The minimum atomic E-state index is 0.553. The van der Waals surface area contributed by atoms with E-state index in [0.29, 0.717) is 12.0 Å². The molecule has 0 spiro atoms. The molecule has 106 valence electrons. The summed E-state index contributed by atoms with van der Waals surface area (Å²) in [6, 6.07) is 9.60. The Morgan fingerprint density at radius 3 is 2.95 bits per heavy atom. The Bertz CT molecular complexity index is 559. The van der Waals surface area contributed by atoms with Gasteiger partial charge in [0, 0.05) is 12.0 Å². The van der Waals surface area contributed by atoms with Crippen molar-refractivity contribution in [2.75, 3.05) is 6.54 Å². The topological polar surface area (TPSA) is 25.2 Å². The van der Waals surface area contributed by atoms with Crippen LogP contribution in [0.3, 0.4) is 0 Å². The van der Waals surface area contributed by atoms with E-state index < -0.39 is 0 Å². The van der Waals surface area contributed by atoms with Crippen molar-refractivity contribution in [2.24, 2.45) is 0 Å². The summed E-state index contributed by atoms with van der Waals surface area (Å²) in [5, 5.41) is 3.67. The molecular formula is C18H23NO. The lowest BCUT2D eigenvalue weighted by molar-refractivity contribution is 0.391. The maximum atomic E-state index is 5.24. The van der Waals surface area contributed by atoms with E-state index in [1.165, 1.54) is 35.1 Å². The number of benzene rings is 1. The van der Waals surface area contributed by atoms with Crippen LogP contribution in [0.25, 0.3) is 0 Å². The molecule has 0 amide bonds. The second-order valence-corrected chi connectivity index (χ2v) is 5.85. The normalized spacial score (nSPS) is 21.7. The monoisotopic (exact) mass is 269 g/mol. The van der Waals surface area contributed by atoms with Crippen molar-refractivity contribution < 1.29 is 4.42 Å². The van der Waals surface area contributed by atoms with Crippen LogP contribution in [0.5, 0.6) is 0 Å². The third kappa shape index (κ3) is 2.66. The molecule has 0 saturated carbocycles. The summed E-state index contributed by atoms with van der Waals surface area (Å²) in [5.41, 5.74) is 5.72. The molecule has 2 unspecified atom stereocenters. The fraction of sp³-hybridized carbons (Fsp3) is 0.444. The first-order chi connectivity index (χ1) is 9.78. The molecule has 20 heavy (non-hydrogen) atoms. The zero-order valence-electron chi connectivity index (χ0n) is 12.4. The number of furan rings is 1. The third-order valence-corrected chi connectivity index (χ3v) is 4.41. The standard InChI is InChI=1S/C18H23NO/c1-3-19-18-7-5-15-10-13(2)4-6-16(15)17(18)11-14-8-9-20-12-14/h4,6,8-10,12,17-19H,3,5,7,11H2,1-2H3. The molecule has 0 saturated heterocycles. The molecule has 2 nitrogen and oxygen atoms in total. The van der Waals surface area contributed by atoms with Gasteiger partial charge in [-0.05, 0) is 55.5 Å². The van der Waals surface area contributed by atoms with Gasteiger partial charge in [0.1, 0.15) is 0 Å². The quantitative estimate of drug-likeness (QED) is 0.912. The molecule has 2 aromatic rings. The Labute approximate surface area is 121 Å². The first kappa shape index (κ1) is 13.4. The van der Waals surface area contributed by atoms with Crippen molar-refractivity contribution in [1.29, 1.82) is 0 Å². The highest BCUT2D eigenvalue weighted by atomic mass is 16.3. The molecule has 0 fully saturated rings. The van der Waals surface area contributed by atoms with Crippen LogP contribution >= 0.6 is 0 Å². The van der Waals surface area contributed by atoms with Crippen molar-refractivity contribution in [3.63, 3.8) is 0 Å². The molecule has 1 aromatic carbocycles. The van der Waals surface area contributed by atoms with Crippen LogP contribution in [-0.2, 0) is 12.8 Å². The molecule has 1 aliphatic rings. The number of nitrogens with one attached hydrogen (secondary N) is 1. The predicted molar refractivity (Wildman–Crippen MR) is 82.1 cm³/mol. The Kier molecular flexibility index (Phi) is 3.93. The Balaban J connectivity index is 1.92. The molecule has 1 aromatic heterocycles. The number of likely N-dealkylation sites (N-methyl/N-ethyl adjacent to an activating group) is 1. The average Bonchev–Trinajstić information content (AvgIpc) is 2.94. The van der Waals surface area contributed by atoms with Gasteiger partial charge in [0.2, 0.25) is 0 Å². The van der Waals surface area contributed by atoms with Crippen LogP contribution in [0.1, 0.15) is 41.5 Å². The average molecular weight is 269 g/mol. The molecule has 3 rings (SSSR count). The maximum absolute atomic E-state index is 5.24. The first-order valence-electron chi connectivity index (χ1n) is 7.62. The zero-order valence-corrected chi connectivity index (χ0v) is 12.4. The first-order valence-corrected chi connectivity index (χ1v) is 7.62. The van der Waals surface area contributed by atoms with Gasteiger partial charge in [0.15, 0.2) is 0 Å². The lowest BCUT2D eigenvalue weighted by Crippen LogP contribution is -2.39. The van der Waals surface area contributed by atoms with Crippen LogP contribution in [0, 0.1) is 6.92 Å². The number of fused-ring (bicyclic) bond motifs is 1. The molecule has 1 heterocycles. The summed E-state index contributed by atoms with van der Waals surface area (Å²) in [6.45, 7) is 5.41. The summed E-state index contributed by atoms with van der Waals surface area (Å²) in [5.74, 6) is 0.553. The largest absolute Gasteiger partial charge is 0.472 e. The van der Waals surface area contributed by atoms with Crippen molar-refractivity contribution in [2.45, 2.75) is 45.1 Å². The summed E-state index contributed by atoms with van der Waals surface area (Å²) in [6.07, 6.45) is 7.13. The Morgan fingerprint density at radius 2 is 2.20 bits per heavy atom. The van der Waals surface area contributed by atoms with E-state index in [0.717, 1.165) is 13.0 Å². The number of hydrogen-bond donors (Lipinski definition) is 1. The highest BCUT2D eigenvalue weighted by Crippen LogP contribution is 2.35. The van der Waals surface area contributed by atoms with Crippen molar-refractivity contribution in [3.05, 3.63) is 59.0 Å². The van der Waals surface area contributed by atoms with Crippen molar-refractivity contribution in [3.8, 4) is 0 Å². The van der Waals surface area contributed by atoms with E-state index in [4.69, 9.17) is 4.42 Å². The van der Waals surface area contributed by atoms with Gasteiger partial charge in [-0.2, -0.15) is 0 Å². The highest BCUT2D eigenvalue weighted by Gasteiger charge is 2.29. The minimum Gasteiger partial charge on any atom is -0.472 e. The number of hydrogen-bond acceptors (Lipinski definition) is 2. The molecule has 0 bridgehead atoms. The van der Waals surface area contributed by atoms with E-state index in [2.05, 4.69) is 43.4 Å². The van der Waals surface area contributed by atoms with Gasteiger partial charge in [-0.25, -0.2) is 0 Å². The third-order valence-electron chi connectivity index (χ3n) is 4.41. The molecule has 0 radical (unpaired) electrons. The molecule has 2 atom stereocenters.